The van der Waals surface area contributed by atoms with Crippen LogP contribution in [0.1, 0.15) is 30.1 Å². The van der Waals surface area contributed by atoms with Gasteiger partial charge >= 0.3 is 0 Å². The second-order valence-electron chi connectivity index (χ2n) is 5.40. The summed E-state index contributed by atoms with van der Waals surface area (Å²) in [5, 5.41) is 5.97. The fourth-order valence-electron chi connectivity index (χ4n) is 2.33. The molecule has 1 aromatic carbocycles. The van der Waals surface area contributed by atoms with Crippen LogP contribution in [0.25, 0.3) is 0 Å². The molecule has 3 nitrogen and oxygen atoms in total. The maximum Gasteiger partial charge on any atom is 0.254 e. The van der Waals surface area contributed by atoms with Gasteiger partial charge in [0.15, 0.2) is 0 Å². The highest BCUT2D eigenvalue weighted by Gasteiger charge is 2.27. The number of carbonyl (C=O) groups is 1. The van der Waals surface area contributed by atoms with Crippen LogP contribution in [0.4, 0.5) is 8.78 Å². The molecule has 1 unspecified atom stereocenters. The van der Waals surface area contributed by atoms with Crippen LogP contribution in [0.3, 0.4) is 0 Å². The second kappa shape index (κ2) is 5.65. The Bertz CT molecular complexity index is 471. The molecule has 0 aromatic heterocycles. The topological polar surface area (TPSA) is 41.1 Å². The molecule has 1 aromatic rings. The molecule has 0 radical (unpaired) electrons. The van der Waals surface area contributed by atoms with Crippen molar-refractivity contribution in [2.45, 2.75) is 19.8 Å². The Balaban J connectivity index is 1.99. The molecular weight excluding hydrogens is 250 g/mol. The largest absolute Gasteiger partial charge is 0.351 e. The van der Waals surface area contributed by atoms with Gasteiger partial charge in [0.05, 0.1) is 5.56 Å². The summed E-state index contributed by atoms with van der Waals surface area (Å²) in [6.07, 6.45) is 2.06. The SMILES string of the molecule is CC1(CNC(=O)c2cc(F)ccc2F)CCCNC1. The van der Waals surface area contributed by atoms with Gasteiger partial charge in [0.2, 0.25) is 0 Å². The average molecular weight is 268 g/mol. The molecule has 1 heterocycles. The van der Waals surface area contributed by atoms with Crippen LogP contribution in [0.2, 0.25) is 0 Å². The molecule has 104 valence electrons. The molecule has 1 amide bonds. The van der Waals surface area contributed by atoms with E-state index in [9.17, 15) is 13.6 Å². The third kappa shape index (κ3) is 3.50. The van der Waals surface area contributed by atoms with Gasteiger partial charge in [0, 0.05) is 13.1 Å². The van der Waals surface area contributed by atoms with Crippen molar-refractivity contribution in [1.82, 2.24) is 10.6 Å². The summed E-state index contributed by atoms with van der Waals surface area (Å²) in [7, 11) is 0. The Morgan fingerprint density at radius 1 is 1.47 bits per heavy atom. The number of carbonyl (C=O) groups excluding carboxylic acids is 1. The van der Waals surface area contributed by atoms with Crippen molar-refractivity contribution < 1.29 is 13.6 Å². The van der Waals surface area contributed by atoms with Crippen LogP contribution in [-0.4, -0.2) is 25.5 Å². The van der Waals surface area contributed by atoms with Gasteiger partial charge in [0.1, 0.15) is 11.6 Å². The highest BCUT2D eigenvalue weighted by Crippen LogP contribution is 2.24. The summed E-state index contributed by atoms with van der Waals surface area (Å²) < 4.78 is 26.5. The number of hydrogen-bond acceptors (Lipinski definition) is 2. The first-order valence-electron chi connectivity index (χ1n) is 6.44. The fourth-order valence-corrected chi connectivity index (χ4v) is 2.33. The van der Waals surface area contributed by atoms with Crippen molar-refractivity contribution in [3.63, 3.8) is 0 Å². The van der Waals surface area contributed by atoms with Gasteiger partial charge in [-0.05, 0) is 43.0 Å². The van der Waals surface area contributed by atoms with E-state index in [4.69, 9.17) is 0 Å². The van der Waals surface area contributed by atoms with E-state index < -0.39 is 17.5 Å². The molecule has 1 aliphatic rings. The van der Waals surface area contributed by atoms with E-state index in [1.807, 2.05) is 0 Å². The van der Waals surface area contributed by atoms with Crippen molar-refractivity contribution in [3.8, 4) is 0 Å². The lowest BCUT2D eigenvalue weighted by Gasteiger charge is -2.34. The number of amides is 1. The second-order valence-corrected chi connectivity index (χ2v) is 5.40. The number of nitrogens with one attached hydrogen (secondary N) is 2. The zero-order valence-electron chi connectivity index (χ0n) is 10.9. The lowest BCUT2D eigenvalue weighted by atomic mass is 9.83. The van der Waals surface area contributed by atoms with Crippen molar-refractivity contribution in [1.29, 1.82) is 0 Å². The van der Waals surface area contributed by atoms with E-state index in [1.165, 1.54) is 0 Å². The summed E-state index contributed by atoms with van der Waals surface area (Å²) in [4.78, 5) is 11.9. The molecule has 0 spiro atoms. The molecule has 0 saturated carbocycles. The minimum atomic E-state index is -0.703. The highest BCUT2D eigenvalue weighted by molar-refractivity contribution is 5.94. The van der Waals surface area contributed by atoms with E-state index in [0.717, 1.165) is 44.1 Å². The summed E-state index contributed by atoms with van der Waals surface area (Å²) >= 11 is 0. The van der Waals surface area contributed by atoms with Crippen molar-refractivity contribution in [2.24, 2.45) is 5.41 Å². The Kier molecular flexibility index (Phi) is 4.14. The Hall–Kier alpha value is -1.49. The number of rotatable bonds is 3. The predicted molar refractivity (Wildman–Crippen MR) is 68.9 cm³/mol. The third-order valence-corrected chi connectivity index (χ3v) is 3.53. The first kappa shape index (κ1) is 13.9. The first-order chi connectivity index (χ1) is 9.00. The van der Waals surface area contributed by atoms with Crippen LogP contribution in [0.5, 0.6) is 0 Å². The van der Waals surface area contributed by atoms with E-state index in [0.29, 0.717) is 6.54 Å². The van der Waals surface area contributed by atoms with Gasteiger partial charge < -0.3 is 10.6 Å². The van der Waals surface area contributed by atoms with E-state index in [2.05, 4.69) is 17.6 Å². The monoisotopic (exact) mass is 268 g/mol. The standard InChI is InChI=1S/C14H18F2N2O/c1-14(5-2-6-17-8-14)9-18-13(19)11-7-10(15)3-4-12(11)16/h3-4,7,17H,2,5-6,8-9H2,1H3,(H,18,19). The maximum absolute atomic E-state index is 13.4. The molecule has 5 heteroatoms. The van der Waals surface area contributed by atoms with Crippen LogP contribution in [-0.2, 0) is 0 Å². The Morgan fingerprint density at radius 2 is 2.26 bits per heavy atom. The average Bonchev–Trinajstić information content (AvgIpc) is 2.40. The zero-order valence-corrected chi connectivity index (χ0v) is 10.9. The molecule has 1 fully saturated rings. The summed E-state index contributed by atoms with van der Waals surface area (Å²) in [6.45, 7) is 4.33. The molecule has 19 heavy (non-hydrogen) atoms. The van der Waals surface area contributed by atoms with Crippen molar-refractivity contribution in [3.05, 3.63) is 35.4 Å². The van der Waals surface area contributed by atoms with E-state index in [1.54, 1.807) is 0 Å². The minimum absolute atomic E-state index is 0.0300. The lowest BCUT2D eigenvalue weighted by Crippen LogP contribution is -2.45. The summed E-state index contributed by atoms with van der Waals surface area (Å²) in [6, 6.07) is 2.89. The van der Waals surface area contributed by atoms with Crippen molar-refractivity contribution in [2.75, 3.05) is 19.6 Å². The van der Waals surface area contributed by atoms with Gasteiger partial charge in [-0.15, -0.1) is 0 Å². The number of benzene rings is 1. The predicted octanol–water partition coefficient (Wildman–Crippen LogP) is 2.08. The van der Waals surface area contributed by atoms with Gasteiger partial charge in [-0.3, -0.25) is 4.79 Å². The van der Waals surface area contributed by atoms with Crippen molar-refractivity contribution >= 4 is 5.91 Å². The Labute approximate surface area is 111 Å². The molecule has 1 atom stereocenters. The number of hydrogen-bond donors (Lipinski definition) is 2. The van der Waals surface area contributed by atoms with Crippen LogP contribution >= 0.6 is 0 Å². The van der Waals surface area contributed by atoms with Gasteiger partial charge in [-0.2, -0.15) is 0 Å². The minimum Gasteiger partial charge on any atom is -0.351 e. The van der Waals surface area contributed by atoms with Crippen LogP contribution in [0.15, 0.2) is 18.2 Å². The molecule has 0 bridgehead atoms. The maximum atomic E-state index is 13.4. The van der Waals surface area contributed by atoms with Crippen LogP contribution < -0.4 is 10.6 Å². The summed E-state index contributed by atoms with van der Waals surface area (Å²) in [5.74, 6) is -1.88. The van der Waals surface area contributed by atoms with Gasteiger partial charge in [0.25, 0.3) is 5.91 Å². The first-order valence-corrected chi connectivity index (χ1v) is 6.44. The molecular formula is C14H18F2N2O. The fraction of sp³-hybridized carbons (Fsp3) is 0.500. The van der Waals surface area contributed by atoms with E-state index >= 15 is 0 Å². The third-order valence-electron chi connectivity index (χ3n) is 3.53. The number of halogens is 2. The number of piperidine rings is 1. The highest BCUT2D eigenvalue weighted by atomic mass is 19.1. The molecule has 0 aliphatic carbocycles. The Morgan fingerprint density at radius 3 is 2.95 bits per heavy atom. The normalized spacial score (nSPS) is 23.1. The molecule has 1 saturated heterocycles. The van der Waals surface area contributed by atoms with Gasteiger partial charge in [-0.1, -0.05) is 6.92 Å². The van der Waals surface area contributed by atoms with Crippen LogP contribution in [0, 0.1) is 17.0 Å². The lowest BCUT2D eigenvalue weighted by molar-refractivity contribution is 0.0920. The van der Waals surface area contributed by atoms with E-state index in [-0.39, 0.29) is 11.0 Å². The zero-order chi connectivity index (χ0) is 13.9. The molecule has 1 aliphatic heterocycles. The summed E-state index contributed by atoms with van der Waals surface area (Å²) in [5.41, 5.74) is -0.273. The van der Waals surface area contributed by atoms with Gasteiger partial charge in [-0.25, -0.2) is 8.78 Å². The molecule has 2 N–H and O–H groups in total. The quantitative estimate of drug-likeness (QED) is 0.881. The smallest absolute Gasteiger partial charge is 0.254 e. The molecule has 2 rings (SSSR count).